The Kier molecular flexibility index (Phi) is 6.37. The van der Waals surface area contributed by atoms with Gasteiger partial charge in [0.05, 0.1) is 28.6 Å². The van der Waals surface area contributed by atoms with Crippen molar-refractivity contribution in [3.8, 4) is 0 Å². The lowest BCUT2D eigenvalue weighted by molar-refractivity contribution is -0.385. The van der Waals surface area contributed by atoms with E-state index in [1.807, 2.05) is 0 Å². The summed E-state index contributed by atoms with van der Waals surface area (Å²) in [6.45, 7) is 1.33. The molecule has 0 aliphatic carbocycles. The summed E-state index contributed by atoms with van der Waals surface area (Å²) in [6.07, 6.45) is 2.53. The Morgan fingerprint density at radius 2 is 1.76 bits per heavy atom. The Labute approximate surface area is 167 Å². The molecule has 0 spiro atoms. The molecule has 3 rings (SSSR count). The van der Waals surface area contributed by atoms with Crippen LogP contribution in [0.15, 0.2) is 59.5 Å². The molecule has 0 bridgehead atoms. The molecule has 1 aliphatic heterocycles. The van der Waals surface area contributed by atoms with Crippen LogP contribution in [0.1, 0.15) is 5.56 Å². The maximum atomic E-state index is 12.6. The van der Waals surface area contributed by atoms with Gasteiger partial charge in [0.1, 0.15) is 0 Å². The average molecular weight is 417 g/mol. The molecule has 29 heavy (non-hydrogen) atoms. The normalized spacial score (nSPS) is 15.3. The minimum absolute atomic E-state index is 0.103. The van der Waals surface area contributed by atoms with Gasteiger partial charge in [0.15, 0.2) is 0 Å². The molecular formula is C19H19N3O6S. The lowest BCUT2D eigenvalue weighted by Crippen LogP contribution is -2.40. The first-order valence-corrected chi connectivity index (χ1v) is 10.2. The van der Waals surface area contributed by atoms with Crippen LogP contribution in [0.3, 0.4) is 0 Å². The van der Waals surface area contributed by atoms with E-state index in [-0.39, 0.29) is 10.6 Å². The number of morpholine rings is 1. The van der Waals surface area contributed by atoms with Gasteiger partial charge >= 0.3 is 0 Å². The summed E-state index contributed by atoms with van der Waals surface area (Å²) in [6, 6.07) is 11.9. The molecule has 152 valence electrons. The van der Waals surface area contributed by atoms with Gasteiger partial charge in [-0.2, -0.15) is 4.31 Å². The van der Waals surface area contributed by atoms with Crippen LogP contribution in [0.4, 0.5) is 11.4 Å². The van der Waals surface area contributed by atoms with Crippen molar-refractivity contribution in [2.24, 2.45) is 0 Å². The van der Waals surface area contributed by atoms with Crippen molar-refractivity contribution in [2.45, 2.75) is 4.90 Å². The van der Waals surface area contributed by atoms with Crippen LogP contribution in [0, 0.1) is 10.1 Å². The Hall–Kier alpha value is -3.08. The average Bonchev–Trinajstić information content (AvgIpc) is 2.73. The zero-order valence-electron chi connectivity index (χ0n) is 15.4. The summed E-state index contributed by atoms with van der Waals surface area (Å²) in [5.74, 6) is -0.494. The summed E-state index contributed by atoms with van der Waals surface area (Å²) >= 11 is 0. The highest BCUT2D eigenvalue weighted by molar-refractivity contribution is 7.89. The van der Waals surface area contributed by atoms with Crippen molar-refractivity contribution < 1.29 is 22.9 Å². The summed E-state index contributed by atoms with van der Waals surface area (Å²) < 4.78 is 31.7. The molecule has 0 saturated carbocycles. The molecule has 1 aliphatic rings. The summed E-state index contributed by atoms with van der Waals surface area (Å²) in [7, 11) is -3.60. The molecule has 10 heteroatoms. The van der Waals surface area contributed by atoms with E-state index in [0.29, 0.717) is 37.6 Å². The van der Waals surface area contributed by atoms with Crippen LogP contribution in [0.2, 0.25) is 0 Å². The second-order valence-electron chi connectivity index (χ2n) is 6.18. The van der Waals surface area contributed by atoms with Crippen molar-refractivity contribution in [2.75, 3.05) is 31.6 Å². The number of nitro groups is 1. The highest BCUT2D eigenvalue weighted by atomic mass is 32.2. The molecule has 0 atom stereocenters. The second kappa shape index (κ2) is 8.95. The number of hydrogen-bond donors (Lipinski definition) is 1. The number of hydrogen-bond acceptors (Lipinski definition) is 6. The number of nitro benzene ring substituents is 1. The van der Waals surface area contributed by atoms with E-state index in [9.17, 15) is 23.3 Å². The van der Waals surface area contributed by atoms with Gasteiger partial charge in [-0.25, -0.2) is 8.42 Å². The van der Waals surface area contributed by atoms with Crippen LogP contribution in [0.25, 0.3) is 6.08 Å². The highest BCUT2D eigenvalue weighted by Gasteiger charge is 2.26. The highest BCUT2D eigenvalue weighted by Crippen LogP contribution is 2.21. The molecular weight excluding hydrogens is 398 g/mol. The van der Waals surface area contributed by atoms with E-state index in [1.165, 1.54) is 52.9 Å². The van der Waals surface area contributed by atoms with E-state index in [1.54, 1.807) is 12.1 Å². The number of nitrogens with one attached hydrogen (secondary N) is 1. The molecule has 1 fully saturated rings. The minimum atomic E-state index is -3.60. The number of amides is 1. The molecule has 0 radical (unpaired) electrons. The van der Waals surface area contributed by atoms with Crippen LogP contribution >= 0.6 is 0 Å². The first-order valence-electron chi connectivity index (χ1n) is 8.78. The van der Waals surface area contributed by atoms with E-state index in [2.05, 4.69) is 5.32 Å². The van der Waals surface area contributed by atoms with Crippen molar-refractivity contribution in [3.05, 3.63) is 70.3 Å². The van der Waals surface area contributed by atoms with Crippen molar-refractivity contribution >= 4 is 33.4 Å². The minimum Gasteiger partial charge on any atom is -0.379 e. The third kappa shape index (κ3) is 5.05. The summed E-state index contributed by atoms with van der Waals surface area (Å²) in [4.78, 5) is 22.7. The van der Waals surface area contributed by atoms with Crippen LogP contribution in [-0.4, -0.2) is 49.9 Å². The molecule has 1 N–H and O–H groups in total. The van der Waals surface area contributed by atoms with Crippen LogP contribution in [-0.2, 0) is 19.6 Å². The summed E-state index contributed by atoms with van der Waals surface area (Å²) in [5.41, 5.74) is 0.608. The second-order valence-corrected chi connectivity index (χ2v) is 8.12. The van der Waals surface area contributed by atoms with Gasteiger partial charge in [0, 0.05) is 30.9 Å². The fourth-order valence-corrected chi connectivity index (χ4v) is 4.20. The molecule has 0 aromatic heterocycles. The number of ether oxygens (including phenoxy) is 1. The fourth-order valence-electron chi connectivity index (χ4n) is 2.79. The van der Waals surface area contributed by atoms with Gasteiger partial charge in [0.2, 0.25) is 15.9 Å². The molecule has 1 heterocycles. The SMILES string of the molecule is O=C(/C=C/c1ccccc1[N+](=O)[O-])Nc1ccc(S(=O)(=O)N2CCOCC2)cc1. The van der Waals surface area contributed by atoms with E-state index < -0.39 is 20.9 Å². The lowest BCUT2D eigenvalue weighted by Gasteiger charge is -2.26. The number of carbonyl (C=O) groups is 1. The predicted molar refractivity (Wildman–Crippen MR) is 107 cm³/mol. The largest absolute Gasteiger partial charge is 0.379 e. The third-order valence-corrected chi connectivity index (χ3v) is 6.19. The first-order chi connectivity index (χ1) is 13.9. The quantitative estimate of drug-likeness (QED) is 0.437. The zero-order chi connectivity index (χ0) is 20.9. The number of rotatable bonds is 6. The standard InChI is InChI=1S/C19H19N3O6S/c23-19(10-5-15-3-1-2-4-18(15)22(24)25)20-16-6-8-17(9-7-16)29(26,27)21-11-13-28-14-12-21/h1-10H,11-14H2,(H,20,23)/b10-5+. The van der Waals surface area contributed by atoms with Gasteiger partial charge in [-0.1, -0.05) is 12.1 Å². The lowest BCUT2D eigenvalue weighted by atomic mass is 10.1. The van der Waals surface area contributed by atoms with Crippen LogP contribution in [0.5, 0.6) is 0 Å². The number of carbonyl (C=O) groups excluding carboxylic acids is 1. The van der Waals surface area contributed by atoms with Gasteiger partial charge in [-0.05, 0) is 36.4 Å². The van der Waals surface area contributed by atoms with Gasteiger partial charge < -0.3 is 10.1 Å². The van der Waals surface area contributed by atoms with Crippen molar-refractivity contribution in [1.82, 2.24) is 4.31 Å². The third-order valence-electron chi connectivity index (χ3n) is 4.28. The molecule has 2 aromatic carbocycles. The first kappa shape index (κ1) is 20.6. The van der Waals surface area contributed by atoms with Crippen molar-refractivity contribution in [1.29, 1.82) is 0 Å². The molecule has 1 amide bonds. The Morgan fingerprint density at radius 3 is 2.41 bits per heavy atom. The maximum absolute atomic E-state index is 12.6. The Morgan fingerprint density at radius 1 is 1.10 bits per heavy atom. The number of anilines is 1. The maximum Gasteiger partial charge on any atom is 0.276 e. The van der Waals surface area contributed by atoms with Crippen molar-refractivity contribution in [3.63, 3.8) is 0 Å². The number of sulfonamides is 1. The van der Waals surface area contributed by atoms with Crippen LogP contribution < -0.4 is 5.32 Å². The van der Waals surface area contributed by atoms with E-state index >= 15 is 0 Å². The molecule has 9 nitrogen and oxygen atoms in total. The molecule has 0 unspecified atom stereocenters. The smallest absolute Gasteiger partial charge is 0.276 e. The molecule has 1 saturated heterocycles. The summed E-state index contributed by atoms with van der Waals surface area (Å²) in [5, 5.41) is 13.6. The Balaban J connectivity index is 1.67. The van der Waals surface area contributed by atoms with E-state index in [0.717, 1.165) is 0 Å². The monoisotopic (exact) mass is 417 g/mol. The zero-order valence-corrected chi connectivity index (χ0v) is 16.2. The number of benzene rings is 2. The number of nitrogens with zero attached hydrogens (tertiary/aromatic N) is 2. The van der Waals surface area contributed by atoms with Gasteiger partial charge in [0.25, 0.3) is 5.69 Å². The predicted octanol–water partition coefficient (Wildman–Crippen LogP) is 2.27. The number of para-hydroxylation sites is 1. The van der Waals surface area contributed by atoms with E-state index in [4.69, 9.17) is 4.74 Å². The fraction of sp³-hybridized carbons (Fsp3) is 0.211. The molecule has 2 aromatic rings. The van der Waals surface area contributed by atoms with Gasteiger partial charge in [-0.15, -0.1) is 0 Å². The van der Waals surface area contributed by atoms with Gasteiger partial charge in [-0.3, -0.25) is 14.9 Å². The topological polar surface area (TPSA) is 119 Å². The Bertz CT molecular complexity index is 1030.